The minimum atomic E-state index is 0. The molecule has 0 radical (unpaired) electrons. The number of amides is 1. The Labute approximate surface area is 126 Å². The van der Waals surface area contributed by atoms with Crippen molar-refractivity contribution in [2.45, 2.75) is 45.4 Å². The van der Waals surface area contributed by atoms with Gasteiger partial charge in [-0.3, -0.25) is 9.48 Å². The van der Waals surface area contributed by atoms with Crippen LogP contribution in [0.15, 0.2) is 6.07 Å². The fraction of sp³-hybridized carbons (Fsp3) is 0.714. The van der Waals surface area contributed by atoms with E-state index in [1.54, 1.807) is 4.68 Å². The normalized spacial score (nSPS) is 17.4. The minimum absolute atomic E-state index is 0. The maximum absolute atomic E-state index is 12.1. The van der Waals surface area contributed by atoms with Crippen molar-refractivity contribution in [1.29, 1.82) is 0 Å². The lowest BCUT2D eigenvalue weighted by Gasteiger charge is -2.35. The first-order valence-electron chi connectivity index (χ1n) is 7.05. The molecule has 1 aliphatic rings. The SMILES string of the molecule is Cc1cc(NC(=O)CC2(CN)CCCCC2)nn1C.Cl. The number of anilines is 1. The summed E-state index contributed by atoms with van der Waals surface area (Å²) in [5.41, 5.74) is 6.94. The van der Waals surface area contributed by atoms with Crippen molar-refractivity contribution in [2.75, 3.05) is 11.9 Å². The van der Waals surface area contributed by atoms with Gasteiger partial charge in [0.25, 0.3) is 0 Å². The van der Waals surface area contributed by atoms with Gasteiger partial charge >= 0.3 is 0 Å². The van der Waals surface area contributed by atoms with Gasteiger partial charge in [-0.1, -0.05) is 19.3 Å². The summed E-state index contributed by atoms with van der Waals surface area (Å²) < 4.78 is 1.76. The highest BCUT2D eigenvalue weighted by atomic mass is 35.5. The molecule has 0 bridgehead atoms. The van der Waals surface area contributed by atoms with Gasteiger partial charge in [-0.25, -0.2) is 0 Å². The molecular weight excluding hydrogens is 276 g/mol. The van der Waals surface area contributed by atoms with E-state index >= 15 is 0 Å². The van der Waals surface area contributed by atoms with Crippen LogP contribution in [0.5, 0.6) is 0 Å². The topological polar surface area (TPSA) is 72.9 Å². The molecule has 6 heteroatoms. The second kappa shape index (κ2) is 7.09. The van der Waals surface area contributed by atoms with E-state index in [-0.39, 0.29) is 23.7 Å². The molecule has 3 N–H and O–H groups in total. The van der Waals surface area contributed by atoms with Gasteiger partial charge in [0, 0.05) is 25.2 Å². The van der Waals surface area contributed by atoms with E-state index in [9.17, 15) is 4.79 Å². The number of nitrogens with zero attached hydrogens (tertiary/aromatic N) is 2. The molecular formula is C14H25ClN4O. The van der Waals surface area contributed by atoms with Gasteiger partial charge in [0.2, 0.25) is 5.91 Å². The van der Waals surface area contributed by atoms with E-state index in [2.05, 4.69) is 10.4 Å². The van der Waals surface area contributed by atoms with Crippen LogP contribution >= 0.6 is 12.4 Å². The molecule has 1 aromatic heterocycles. The number of hydrogen-bond acceptors (Lipinski definition) is 3. The number of nitrogens with one attached hydrogen (secondary N) is 1. The third-order valence-electron chi connectivity index (χ3n) is 4.26. The van der Waals surface area contributed by atoms with Crippen molar-refractivity contribution < 1.29 is 4.79 Å². The summed E-state index contributed by atoms with van der Waals surface area (Å²) in [7, 11) is 1.87. The summed E-state index contributed by atoms with van der Waals surface area (Å²) in [5.74, 6) is 0.665. The lowest BCUT2D eigenvalue weighted by atomic mass is 9.71. The molecule has 1 aromatic rings. The van der Waals surface area contributed by atoms with E-state index in [0.29, 0.717) is 18.8 Å². The quantitative estimate of drug-likeness (QED) is 0.896. The van der Waals surface area contributed by atoms with Gasteiger partial charge in [0.05, 0.1) is 0 Å². The summed E-state index contributed by atoms with van der Waals surface area (Å²) in [4.78, 5) is 12.1. The van der Waals surface area contributed by atoms with E-state index in [4.69, 9.17) is 5.73 Å². The standard InChI is InChI=1S/C14H24N4O.ClH/c1-11-8-12(17-18(11)2)16-13(19)9-14(10-15)6-4-3-5-7-14;/h8H,3-7,9-10,15H2,1-2H3,(H,16,17,19);1H. The van der Waals surface area contributed by atoms with Crippen LogP contribution in [0.25, 0.3) is 0 Å². The Bertz CT molecular complexity index is 433. The zero-order valence-corrected chi connectivity index (χ0v) is 13.1. The van der Waals surface area contributed by atoms with Crippen molar-refractivity contribution in [1.82, 2.24) is 9.78 Å². The van der Waals surface area contributed by atoms with Gasteiger partial charge in [0.1, 0.15) is 0 Å². The highest BCUT2D eigenvalue weighted by Crippen LogP contribution is 2.38. The summed E-state index contributed by atoms with van der Waals surface area (Å²) in [6.07, 6.45) is 6.29. The molecule has 1 amide bonds. The fourth-order valence-corrected chi connectivity index (χ4v) is 2.90. The Morgan fingerprint density at radius 2 is 2.10 bits per heavy atom. The third kappa shape index (κ3) is 3.96. The van der Waals surface area contributed by atoms with Gasteiger partial charge in [-0.2, -0.15) is 5.10 Å². The van der Waals surface area contributed by atoms with Gasteiger partial charge in [-0.15, -0.1) is 12.4 Å². The second-order valence-electron chi connectivity index (χ2n) is 5.78. The van der Waals surface area contributed by atoms with E-state index in [0.717, 1.165) is 18.5 Å². The zero-order valence-electron chi connectivity index (χ0n) is 12.3. The number of aryl methyl sites for hydroxylation is 2. The molecule has 0 saturated heterocycles. The molecule has 5 nitrogen and oxygen atoms in total. The van der Waals surface area contributed by atoms with Crippen LogP contribution in [-0.2, 0) is 11.8 Å². The predicted molar refractivity (Wildman–Crippen MR) is 83.0 cm³/mol. The van der Waals surface area contributed by atoms with Gasteiger partial charge in [0.15, 0.2) is 5.82 Å². The Kier molecular flexibility index (Phi) is 6.02. The van der Waals surface area contributed by atoms with Gasteiger partial charge in [-0.05, 0) is 31.7 Å². The molecule has 2 rings (SSSR count). The average Bonchev–Trinajstić information content (AvgIpc) is 2.69. The van der Waals surface area contributed by atoms with E-state index in [1.807, 2.05) is 20.0 Å². The number of carbonyl (C=O) groups excluding carboxylic acids is 1. The Balaban J connectivity index is 0.00000200. The minimum Gasteiger partial charge on any atom is -0.330 e. The molecule has 1 saturated carbocycles. The first-order chi connectivity index (χ1) is 9.04. The molecule has 114 valence electrons. The molecule has 1 fully saturated rings. The largest absolute Gasteiger partial charge is 0.330 e. The highest BCUT2D eigenvalue weighted by Gasteiger charge is 2.33. The summed E-state index contributed by atoms with van der Waals surface area (Å²) >= 11 is 0. The van der Waals surface area contributed by atoms with Crippen LogP contribution in [0.4, 0.5) is 5.82 Å². The monoisotopic (exact) mass is 300 g/mol. The van der Waals surface area contributed by atoms with Crippen molar-refractivity contribution in [2.24, 2.45) is 18.2 Å². The number of rotatable bonds is 4. The van der Waals surface area contributed by atoms with Crippen molar-refractivity contribution in [3.8, 4) is 0 Å². The van der Waals surface area contributed by atoms with E-state index < -0.39 is 0 Å². The molecule has 0 aliphatic heterocycles. The van der Waals surface area contributed by atoms with Crippen molar-refractivity contribution >= 4 is 24.1 Å². The van der Waals surface area contributed by atoms with Crippen molar-refractivity contribution in [3.63, 3.8) is 0 Å². The number of carbonyl (C=O) groups is 1. The summed E-state index contributed by atoms with van der Waals surface area (Å²) in [6.45, 7) is 2.56. The predicted octanol–water partition coefficient (Wildman–Crippen LogP) is 2.39. The Hall–Kier alpha value is -1.07. The highest BCUT2D eigenvalue weighted by molar-refractivity contribution is 5.90. The molecule has 1 heterocycles. The lowest BCUT2D eigenvalue weighted by molar-refractivity contribution is -0.118. The van der Waals surface area contributed by atoms with Crippen LogP contribution in [0.1, 0.15) is 44.2 Å². The van der Waals surface area contributed by atoms with Crippen molar-refractivity contribution in [3.05, 3.63) is 11.8 Å². The molecule has 0 unspecified atom stereocenters. The maximum Gasteiger partial charge on any atom is 0.226 e. The third-order valence-corrected chi connectivity index (χ3v) is 4.26. The van der Waals surface area contributed by atoms with Crippen LogP contribution in [0.3, 0.4) is 0 Å². The van der Waals surface area contributed by atoms with Crippen LogP contribution < -0.4 is 11.1 Å². The first-order valence-corrected chi connectivity index (χ1v) is 7.05. The molecule has 0 aromatic carbocycles. The number of halogens is 1. The van der Waals surface area contributed by atoms with E-state index in [1.165, 1.54) is 19.3 Å². The zero-order chi connectivity index (χ0) is 13.9. The lowest BCUT2D eigenvalue weighted by Crippen LogP contribution is -2.36. The van der Waals surface area contributed by atoms with Crippen LogP contribution in [0.2, 0.25) is 0 Å². The summed E-state index contributed by atoms with van der Waals surface area (Å²) in [5, 5.41) is 7.13. The first kappa shape index (κ1) is 17.0. The fourth-order valence-electron chi connectivity index (χ4n) is 2.90. The maximum atomic E-state index is 12.1. The molecule has 0 atom stereocenters. The smallest absolute Gasteiger partial charge is 0.226 e. The second-order valence-corrected chi connectivity index (χ2v) is 5.78. The number of nitrogens with two attached hydrogens (primary N) is 1. The molecule has 0 spiro atoms. The summed E-state index contributed by atoms with van der Waals surface area (Å²) in [6, 6.07) is 1.88. The Morgan fingerprint density at radius 3 is 2.60 bits per heavy atom. The number of hydrogen-bond donors (Lipinski definition) is 2. The van der Waals surface area contributed by atoms with Gasteiger partial charge < -0.3 is 11.1 Å². The average molecular weight is 301 g/mol. The molecule has 1 aliphatic carbocycles. The molecule has 20 heavy (non-hydrogen) atoms. The van der Waals surface area contributed by atoms with Crippen LogP contribution in [0, 0.1) is 12.3 Å². The number of aromatic nitrogens is 2. The van der Waals surface area contributed by atoms with Crippen LogP contribution in [-0.4, -0.2) is 22.2 Å². The Morgan fingerprint density at radius 1 is 1.45 bits per heavy atom.